The summed E-state index contributed by atoms with van der Waals surface area (Å²) in [5.41, 5.74) is 4.36. The molecule has 1 aromatic carbocycles. The van der Waals surface area contributed by atoms with Crippen LogP contribution in [0.1, 0.15) is 36.3 Å². The SMILES string of the molecule is COC(=O)c1ccc(/C=N/NC(=O)c2sc(C)nc2C)cc1. The fourth-order valence-electron chi connectivity index (χ4n) is 1.78. The van der Waals surface area contributed by atoms with Crippen molar-refractivity contribution < 1.29 is 14.3 Å². The number of ether oxygens (including phenoxy) is 1. The Morgan fingerprint density at radius 3 is 2.50 bits per heavy atom. The van der Waals surface area contributed by atoms with Crippen LogP contribution in [0.25, 0.3) is 0 Å². The van der Waals surface area contributed by atoms with Gasteiger partial charge in [-0.25, -0.2) is 15.2 Å². The number of nitrogens with one attached hydrogen (secondary N) is 1. The number of carbonyl (C=O) groups excluding carboxylic acids is 2. The molecular formula is C15H15N3O3S. The summed E-state index contributed by atoms with van der Waals surface area (Å²) in [4.78, 5) is 28.0. The predicted molar refractivity (Wildman–Crippen MR) is 84.4 cm³/mol. The molecule has 1 amide bonds. The first-order valence-corrected chi connectivity index (χ1v) is 7.28. The largest absolute Gasteiger partial charge is 0.465 e. The number of aromatic nitrogens is 1. The van der Waals surface area contributed by atoms with Crippen LogP contribution in [0.2, 0.25) is 0 Å². The van der Waals surface area contributed by atoms with Crippen molar-refractivity contribution in [3.8, 4) is 0 Å². The molecule has 1 heterocycles. The number of benzene rings is 1. The Kier molecular flexibility index (Phi) is 5.00. The van der Waals surface area contributed by atoms with E-state index in [4.69, 9.17) is 0 Å². The van der Waals surface area contributed by atoms with Crippen molar-refractivity contribution in [2.75, 3.05) is 7.11 Å². The minimum absolute atomic E-state index is 0.287. The topological polar surface area (TPSA) is 80.6 Å². The summed E-state index contributed by atoms with van der Waals surface area (Å²) < 4.78 is 4.62. The first kappa shape index (κ1) is 15.8. The van der Waals surface area contributed by atoms with Gasteiger partial charge >= 0.3 is 5.97 Å². The molecule has 0 aliphatic carbocycles. The molecule has 0 bridgehead atoms. The number of esters is 1. The van der Waals surface area contributed by atoms with Crippen molar-refractivity contribution in [2.24, 2.45) is 5.10 Å². The fourth-order valence-corrected chi connectivity index (χ4v) is 2.59. The number of carbonyl (C=O) groups is 2. The molecule has 0 spiro atoms. The van der Waals surface area contributed by atoms with Crippen LogP contribution in [0.15, 0.2) is 29.4 Å². The van der Waals surface area contributed by atoms with Gasteiger partial charge in [-0.1, -0.05) is 12.1 Å². The van der Waals surface area contributed by atoms with Crippen LogP contribution in [-0.2, 0) is 4.74 Å². The second kappa shape index (κ2) is 6.95. The highest BCUT2D eigenvalue weighted by molar-refractivity contribution is 7.13. The van der Waals surface area contributed by atoms with E-state index in [-0.39, 0.29) is 5.91 Å². The lowest BCUT2D eigenvalue weighted by Gasteiger charge is -1.99. The molecule has 0 saturated heterocycles. The van der Waals surface area contributed by atoms with E-state index in [0.29, 0.717) is 16.1 Å². The van der Waals surface area contributed by atoms with E-state index in [1.54, 1.807) is 31.2 Å². The zero-order chi connectivity index (χ0) is 16.1. The smallest absolute Gasteiger partial charge is 0.337 e. The van der Waals surface area contributed by atoms with Crippen LogP contribution in [0.5, 0.6) is 0 Å². The fraction of sp³-hybridized carbons (Fsp3) is 0.200. The normalized spacial score (nSPS) is 10.7. The first-order chi connectivity index (χ1) is 10.5. The van der Waals surface area contributed by atoms with E-state index in [1.807, 2.05) is 6.92 Å². The number of rotatable bonds is 4. The molecule has 2 aromatic rings. The van der Waals surface area contributed by atoms with Gasteiger partial charge in [0.1, 0.15) is 4.88 Å². The maximum Gasteiger partial charge on any atom is 0.337 e. The van der Waals surface area contributed by atoms with Gasteiger partial charge < -0.3 is 4.74 Å². The molecule has 0 atom stereocenters. The van der Waals surface area contributed by atoms with Gasteiger partial charge in [0.2, 0.25) is 0 Å². The van der Waals surface area contributed by atoms with Gasteiger partial charge in [-0.3, -0.25) is 4.79 Å². The quantitative estimate of drug-likeness (QED) is 0.533. The summed E-state index contributed by atoms with van der Waals surface area (Å²) in [6.45, 7) is 3.63. The second-order valence-electron chi connectivity index (χ2n) is 4.46. The third-order valence-electron chi connectivity index (χ3n) is 2.82. The Morgan fingerprint density at radius 2 is 1.95 bits per heavy atom. The minimum atomic E-state index is -0.396. The third kappa shape index (κ3) is 3.76. The molecule has 0 unspecified atom stereocenters. The Balaban J connectivity index is 1.99. The molecule has 22 heavy (non-hydrogen) atoms. The molecule has 7 heteroatoms. The zero-order valence-corrected chi connectivity index (χ0v) is 13.2. The molecule has 0 saturated carbocycles. The number of hydrogen-bond donors (Lipinski definition) is 1. The monoisotopic (exact) mass is 317 g/mol. The highest BCUT2D eigenvalue weighted by atomic mass is 32.1. The van der Waals surface area contributed by atoms with Crippen molar-refractivity contribution in [3.63, 3.8) is 0 Å². The first-order valence-electron chi connectivity index (χ1n) is 6.47. The molecule has 0 fully saturated rings. The molecule has 6 nitrogen and oxygen atoms in total. The van der Waals surface area contributed by atoms with E-state index < -0.39 is 5.97 Å². The van der Waals surface area contributed by atoms with Crippen molar-refractivity contribution in [1.82, 2.24) is 10.4 Å². The Morgan fingerprint density at radius 1 is 1.27 bits per heavy atom. The molecule has 0 aliphatic heterocycles. The molecule has 0 aliphatic rings. The highest BCUT2D eigenvalue weighted by Crippen LogP contribution is 2.16. The molecule has 2 rings (SSSR count). The number of thiazole rings is 1. The number of hydrazone groups is 1. The van der Waals surface area contributed by atoms with Gasteiger partial charge in [0.25, 0.3) is 5.91 Å². The van der Waals surface area contributed by atoms with Crippen LogP contribution in [-0.4, -0.2) is 30.2 Å². The molecule has 114 valence electrons. The summed E-state index contributed by atoms with van der Waals surface area (Å²) in [6, 6.07) is 6.69. The van der Waals surface area contributed by atoms with Crippen LogP contribution >= 0.6 is 11.3 Å². The highest BCUT2D eigenvalue weighted by Gasteiger charge is 2.12. The van der Waals surface area contributed by atoms with Crippen molar-refractivity contribution >= 4 is 29.4 Å². The summed E-state index contributed by atoms with van der Waals surface area (Å²) in [7, 11) is 1.33. The Labute approximate surface area is 131 Å². The Bertz CT molecular complexity index is 720. The second-order valence-corrected chi connectivity index (χ2v) is 5.66. The van der Waals surface area contributed by atoms with E-state index in [0.717, 1.165) is 10.6 Å². The molecule has 1 aromatic heterocycles. The van der Waals surface area contributed by atoms with Crippen molar-refractivity contribution in [3.05, 3.63) is 51.0 Å². The lowest BCUT2D eigenvalue weighted by molar-refractivity contribution is 0.0600. The molecule has 0 radical (unpaired) electrons. The zero-order valence-electron chi connectivity index (χ0n) is 12.4. The minimum Gasteiger partial charge on any atom is -0.465 e. The lowest BCUT2D eigenvalue weighted by atomic mass is 10.1. The standard InChI is InChI=1S/C15H15N3O3S/c1-9-13(22-10(2)17-9)14(19)18-16-8-11-4-6-12(7-5-11)15(20)21-3/h4-8H,1-3H3,(H,18,19)/b16-8+. The average molecular weight is 317 g/mol. The maximum atomic E-state index is 11.9. The van der Waals surface area contributed by atoms with Crippen molar-refractivity contribution in [1.29, 1.82) is 0 Å². The number of nitrogens with zero attached hydrogens (tertiary/aromatic N) is 2. The van der Waals surface area contributed by atoms with E-state index in [1.165, 1.54) is 24.7 Å². The summed E-state index contributed by atoms with van der Waals surface area (Å²) in [5.74, 6) is -0.682. The van der Waals surface area contributed by atoms with E-state index in [9.17, 15) is 9.59 Å². The average Bonchev–Trinajstić information content (AvgIpc) is 2.86. The number of amides is 1. The maximum absolute atomic E-state index is 11.9. The lowest BCUT2D eigenvalue weighted by Crippen LogP contribution is -2.17. The number of methoxy groups -OCH3 is 1. The number of aryl methyl sites for hydroxylation is 2. The predicted octanol–water partition coefficient (Wildman–Crippen LogP) is 2.31. The molecular weight excluding hydrogens is 302 g/mol. The molecule has 1 N–H and O–H groups in total. The van der Waals surface area contributed by atoms with Gasteiger partial charge in [-0.15, -0.1) is 11.3 Å². The van der Waals surface area contributed by atoms with Crippen molar-refractivity contribution in [2.45, 2.75) is 13.8 Å². The Hall–Kier alpha value is -2.54. The summed E-state index contributed by atoms with van der Waals surface area (Å²) in [6.07, 6.45) is 1.50. The van der Waals surface area contributed by atoms with Crippen LogP contribution in [0, 0.1) is 13.8 Å². The van der Waals surface area contributed by atoms with Gasteiger partial charge in [-0.2, -0.15) is 5.10 Å². The van der Waals surface area contributed by atoms with Crippen LogP contribution < -0.4 is 5.43 Å². The number of hydrogen-bond acceptors (Lipinski definition) is 6. The van der Waals surface area contributed by atoms with Gasteiger partial charge in [0.15, 0.2) is 0 Å². The summed E-state index contributed by atoms with van der Waals surface area (Å²) >= 11 is 1.33. The van der Waals surface area contributed by atoms with E-state index >= 15 is 0 Å². The van der Waals surface area contributed by atoms with Gasteiger partial charge in [0.05, 0.1) is 29.6 Å². The van der Waals surface area contributed by atoms with E-state index in [2.05, 4.69) is 20.2 Å². The third-order valence-corrected chi connectivity index (χ3v) is 3.89. The van der Waals surface area contributed by atoms with Gasteiger partial charge in [0, 0.05) is 0 Å². The summed E-state index contributed by atoms with van der Waals surface area (Å²) in [5, 5.41) is 4.74. The van der Waals surface area contributed by atoms with Gasteiger partial charge in [-0.05, 0) is 31.5 Å². The van der Waals surface area contributed by atoms with Crippen LogP contribution in [0.4, 0.5) is 0 Å². The van der Waals surface area contributed by atoms with Crippen LogP contribution in [0.3, 0.4) is 0 Å².